The number of nitrogens with zero attached hydrogens (tertiary/aromatic N) is 2. The second-order valence-corrected chi connectivity index (χ2v) is 7.70. The molecule has 0 saturated heterocycles. The van der Waals surface area contributed by atoms with Gasteiger partial charge in [-0.3, -0.25) is 9.78 Å². The van der Waals surface area contributed by atoms with E-state index in [0.29, 0.717) is 11.3 Å². The van der Waals surface area contributed by atoms with Crippen molar-refractivity contribution >= 4 is 11.8 Å². The predicted molar refractivity (Wildman–Crippen MR) is 112 cm³/mol. The molecule has 2 aromatic carbocycles. The third-order valence-corrected chi connectivity index (χ3v) is 4.53. The molecule has 0 aliphatic carbocycles. The Morgan fingerprint density at radius 3 is 2.21 bits per heavy atom. The number of carbonyl (C=O) groups excluding carboxylic acids is 2. The van der Waals surface area contributed by atoms with E-state index in [9.17, 15) is 9.59 Å². The lowest BCUT2D eigenvalue weighted by atomic mass is 9.86. The molecule has 0 atom stereocenters. The van der Waals surface area contributed by atoms with E-state index >= 15 is 0 Å². The largest absolute Gasteiger partial charge is 0.461 e. The standard InChI is InChI=1S/C24H24N2O3/c1-5-29-23(28)21-20(16-9-7-6-8-10-16)25-15-19(26-21)22(27)17-11-13-18(14-12-17)24(2,3)4/h6-15H,5H2,1-4H3. The van der Waals surface area contributed by atoms with Crippen LogP contribution in [0.1, 0.15) is 59.8 Å². The van der Waals surface area contributed by atoms with Crippen LogP contribution >= 0.6 is 0 Å². The summed E-state index contributed by atoms with van der Waals surface area (Å²) in [6, 6.07) is 16.7. The van der Waals surface area contributed by atoms with Crippen molar-refractivity contribution in [1.82, 2.24) is 9.97 Å². The van der Waals surface area contributed by atoms with Crippen LogP contribution in [0.25, 0.3) is 11.3 Å². The molecule has 1 aromatic heterocycles. The molecular weight excluding hydrogens is 364 g/mol. The Hall–Kier alpha value is -3.34. The molecule has 0 fully saturated rings. The number of hydrogen-bond acceptors (Lipinski definition) is 5. The summed E-state index contributed by atoms with van der Waals surface area (Å²) in [6.45, 7) is 8.27. The lowest BCUT2D eigenvalue weighted by Crippen LogP contribution is -2.15. The summed E-state index contributed by atoms with van der Waals surface area (Å²) < 4.78 is 5.13. The second-order valence-electron chi connectivity index (χ2n) is 7.70. The maximum Gasteiger partial charge on any atom is 0.359 e. The molecule has 0 saturated carbocycles. The van der Waals surface area contributed by atoms with Crippen molar-refractivity contribution in [3.63, 3.8) is 0 Å². The van der Waals surface area contributed by atoms with Crippen LogP contribution in [0.2, 0.25) is 0 Å². The summed E-state index contributed by atoms with van der Waals surface area (Å²) in [4.78, 5) is 34.1. The quantitative estimate of drug-likeness (QED) is 0.462. The van der Waals surface area contributed by atoms with Crippen molar-refractivity contribution in [1.29, 1.82) is 0 Å². The van der Waals surface area contributed by atoms with E-state index in [1.807, 2.05) is 42.5 Å². The molecule has 148 valence electrons. The van der Waals surface area contributed by atoms with Crippen molar-refractivity contribution in [2.75, 3.05) is 6.61 Å². The highest BCUT2D eigenvalue weighted by Crippen LogP contribution is 2.24. The smallest absolute Gasteiger partial charge is 0.359 e. The van der Waals surface area contributed by atoms with Crippen molar-refractivity contribution in [3.05, 3.63) is 83.3 Å². The molecule has 0 aliphatic rings. The number of rotatable bonds is 5. The topological polar surface area (TPSA) is 69.2 Å². The van der Waals surface area contributed by atoms with Gasteiger partial charge in [0.1, 0.15) is 11.4 Å². The number of benzene rings is 2. The minimum absolute atomic E-state index is 0.00417. The zero-order chi connectivity index (χ0) is 21.0. The predicted octanol–water partition coefficient (Wildman–Crippen LogP) is 4.85. The second kappa shape index (κ2) is 8.35. The molecule has 5 nitrogen and oxygen atoms in total. The van der Waals surface area contributed by atoms with Crippen LogP contribution in [0.5, 0.6) is 0 Å². The van der Waals surface area contributed by atoms with Crippen LogP contribution in [0.4, 0.5) is 0 Å². The Kier molecular flexibility index (Phi) is 5.87. The summed E-state index contributed by atoms with van der Waals surface area (Å²) in [6.07, 6.45) is 1.41. The van der Waals surface area contributed by atoms with Crippen LogP contribution in [-0.2, 0) is 10.2 Å². The zero-order valence-corrected chi connectivity index (χ0v) is 17.1. The average molecular weight is 388 g/mol. The maximum absolute atomic E-state index is 12.9. The average Bonchev–Trinajstić information content (AvgIpc) is 2.73. The summed E-state index contributed by atoms with van der Waals surface area (Å²) in [5.41, 5.74) is 2.89. The van der Waals surface area contributed by atoms with Gasteiger partial charge in [0.15, 0.2) is 5.69 Å². The molecule has 0 N–H and O–H groups in total. The van der Waals surface area contributed by atoms with Crippen molar-refractivity contribution in [2.45, 2.75) is 33.1 Å². The van der Waals surface area contributed by atoms with E-state index in [-0.39, 0.29) is 29.2 Å². The fourth-order valence-electron chi connectivity index (χ4n) is 2.92. The normalized spacial score (nSPS) is 11.2. The van der Waals surface area contributed by atoms with Crippen molar-refractivity contribution in [2.24, 2.45) is 0 Å². The van der Waals surface area contributed by atoms with E-state index in [1.165, 1.54) is 6.20 Å². The number of aromatic nitrogens is 2. The highest BCUT2D eigenvalue weighted by Gasteiger charge is 2.22. The lowest BCUT2D eigenvalue weighted by Gasteiger charge is -2.19. The first kappa shape index (κ1) is 20.4. The molecule has 0 bridgehead atoms. The van der Waals surface area contributed by atoms with Gasteiger partial charge in [0.2, 0.25) is 5.78 Å². The van der Waals surface area contributed by atoms with Gasteiger partial charge in [0.25, 0.3) is 0 Å². The van der Waals surface area contributed by atoms with Gasteiger partial charge >= 0.3 is 5.97 Å². The molecule has 5 heteroatoms. The SMILES string of the molecule is CCOC(=O)c1nc(C(=O)c2ccc(C(C)(C)C)cc2)cnc1-c1ccccc1. The minimum atomic E-state index is -0.600. The number of carbonyl (C=O) groups is 2. The van der Waals surface area contributed by atoms with E-state index in [1.54, 1.807) is 19.1 Å². The number of ketones is 1. The first-order chi connectivity index (χ1) is 13.8. The summed E-state index contributed by atoms with van der Waals surface area (Å²) >= 11 is 0. The first-order valence-electron chi connectivity index (χ1n) is 9.56. The van der Waals surface area contributed by atoms with Crippen LogP contribution < -0.4 is 0 Å². The van der Waals surface area contributed by atoms with E-state index in [2.05, 4.69) is 30.7 Å². The molecule has 1 heterocycles. The van der Waals surface area contributed by atoms with Gasteiger partial charge in [-0.1, -0.05) is 75.4 Å². The Labute approximate surface area is 170 Å². The molecule has 0 radical (unpaired) electrons. The highest BCUT2D eigenvalue weighted by molar-refractivity contribution is 6.08. The lowest BCUT2D eigenvalue weighted by molar-refractivity contribution is 0.0520. The highest BCUT2D eigenvalue weighted by atomic mass is 16.5. The van der Waals surface area contributed by atoms with Crippen LogP contribution in [0.3, 0.4) is 0 Å². The summed E-state index contributed by atoms with van der Waals surface area (Å²) in [5.74, 6) is -0.889. The van der Waals surface area contributed by atoms with Gasteiger partial charge in [-0.05, 0) is 17.9 Å². The zero-order valence-electron chi connectivity index (χ0n) is 17.1. The third-order valence-electron chi connectivity index (χ3n) is 4.53. The summed E-state index contributed by atoms with van der Waals surface area (Å²) in [7, 11) is 0. The van der Waals surface area contributed by atoms with Gasteiger partial charge in [-0.15, -0.1) is 0 Å². The Balaban J connectivity index is 2.00. The molecule has 29 heavy (non-hydrogen) atoms. The molecule has 0 unspecified atom stereocenters. The Morgan fingerprint density at radius 1 is 0.966 bits per heavy atom. The van der Waals surface area contributed by atoms with Crippen LogP contribution in [0, 0.1) is 0 Å². The molecule has 0 aliphatic heterocycles. The number of ether oxygens (including phenoxy) is 1. The number of esters is 1. The van der Waals surface area contributed by atoms with Crippen LogP contribution in [-0.4, -0.2) is 28.3 Å². The molecular formula is C24H24N2O3. The fourth-order valence-corrected chi connectivity index (χ4v) is 2.92. The van der Waals surface area contributed by atoms with Gasteiger partial charge in [-0.25, -0.2) is 9.78 Å². The molecule has 0 amide bonds. The fraction of sp³-hybridized carbons (Fsp3) is 0.250. The third kappa shape index (κ3) is 4.57. The minimum Gasteiger partial charge on any atom is -0.461 e. The number of hydrogen-bond donors (Lipinski definition) is 0. The summed E-state index contributed by atoms with van der Waals surface area (Å²) in [5, 5.41) is 0. The van der Waals surface area contributed by atoms with Gasteiger partial charge in [0, 0.05) is 11.1 Å². The monoisotopic (exact) mass is 388 g/mol. The first-order valence-corrected chi connectivity index (χ1v) is 9.56. The molecule has 3 rings (SSSR count). The van der Waals surface area contributed by atoms with E-state index in [4.69, 9.17) is 4.74 Å². The molecule has 3 aromatic rings. The maximum atomic E-state index is 12.9. The van der Waals surface area contributed by atoms with Crippen LogP contribution in [0.15, 0.2) is 60.8 Å². The molecule has 0 spiro atoms. The van der Waals surface area contributed by atoms with Gasteiger partial charge in [-0.2, -0.15) is 0 Å². The van der Waals surface area contributed by atoms with Gasteiger partial charge in [0.05, 0.1) is 12.8 Å². The van der Waals surface area contributed by atoms with E-state index in [0.717, 1.165) is 11.1 Å². The van der Waals surface area contributed by atoms with E-state index < -0.39 is 5.97 Å². The van der Waals surface area contributed by atoms with Crippen molar-refractivity contribution in [3.8, 4) is 11.3 Å². The Morgan fingerprint density at radius 2 is 1.62 bits per heavy atom. The van der Waals surface area contributed by atoms with Gasteiger partial charge < -0.3 is 4.74 Å². The van der Waals surface area contributed by atoms with Crippen molar-refractivity contribution < 1.29 is 14.3 Å². The Bertz CT molecular complexity index is 1020.